The summed E-state index contributed by atoms with van der Waals surface area (Å²) in [6, 6.07) is 8.26. The Bertz CT molecular complexity index is 533. The van der Waals surface area contributed by atoms with Gasteiger partial charge in [-0.15, -0.1) is 0 Å². The Kier molecular flexibility index (Phi) is 6.27. The molecule has 2 fully saturated rings. The highest BCUT2D eigenvalue weighted by Gasteiger charge is 2.20. The number of rotatable bonds is 6. The molecule has 4 heteroatoms. The molecule has 2 heterocycles. The molecule has 4 nitrogen and oxygen atoms in total. The number of benzene rings is 1. The van der Waals surface area contributed by atoms with E-state index in [2.05, 4.69) is 27.2 Å². The lowest BCUT2D eigenvalue weighted by Crippen LogP contribution is -2.37. The van der Waals surface area contributed by atoms with Crippen LogP contribution in [-0.4, -0.2) is 48.4 Å². The van der Waals surface area contributed by atoms with Crippen LogP contribution >= 0.6 is 0 Å². The molecular formula is C20H31N3O. The van der Waals surface area contributed by atoms with E-state index >= 15 is 0 Å². The van der Waals surface area contributed by atoms with E-state index in [0.717, 1.165) is 31.9 Å². The molecule has 2 aliphatic heterocycles. The molecule has 0 aromatic heterocycles. The minimum Gasteiger partial charge on any atom is -0.326 e. The first-order chi connectivity index (χ1) is 11.7. The van der Waals surface area contributed by atoms with Gasteiger partial charge in [0.05, 0.1) is 0 Å². The monoisotopic (exact) mass is 329 g/mol. The number of piperidine rings is 1. The highest BCUT2D eigenvalue weighted by atomic mass is 16.1. The summed E-state index contributed by atoms with van der Waals surface area (Å²) in [6.07, 6.45) is 6.46. The topological polar surface area (TPSA) is 35.6 Å². The molecule has 3 rings (SSSR count). The largest absolute Gasteiger partial charge is 0.326 e. The Balaban J connectivity index is 1.56. The summed E-state index contributed by atoms with van der Waals surface area (Å²) in [5.41, 5.74) is 2.22. The van der Waals surface area contributed by atoms with Gasteiger partial charge in [0.2, 0.25) is 5.91 Å². The van der Waals surface area contributed by atoms with Crippen LogP contribution in [0.25, 0.3) is 0 Å². The van der Waals surface area contributed by atoms with E-state index < -0.39 is 0 Å². The standard InChI is InChI=1S/C20H31N3O/c1-17(15-22-11-5-2-6-12-22)20(24)21-19-10-4-3-9-18(19)16-23-13-7-8-14-23/h3-4,9-10,17H,2,5-8,11-16H2,1H3,(H,21,24). The van der Waals surface area contributed by atoms with Gasteiger partial charge in [0.25, 0.3) is 0 Å². The van der Waals surface area contributed by atoms with Crippen molar-refractivity contribution < 1.29 is 4.79 Å². The van der Waals surface area contributed by atoms with Gasteiger partial charge in [-0.3, -0.25) is 9.69 Å². The van der Waals surface area contributed by atoms with E-state index in [9.17, 15) is 4.79 Å². The zero-order valence-electron chi connectivity index (χ0n) is 15.0. The molecule has 132 valence electrons. The molecule has 0 aliphatic carbocycles. The molecule has 1 atom stereocenters. The first kappa shape index (κ1) is 17.4. The van der Waals surface area contributed by atoms with E-state index in [1.165, 1.54) is 50.8 Å². The second-order valence-corrected chi connectivity index (χ2v) is 7.39. The molecule has 1 amide bonds. The number of likely N-dealkylation sites (tertiary alicyclic amines) is 2. The first-order valence-electron chi connectivity index (χ1n) is 9.56. The number of carbonyl (C=O) groups is 1. The molecule has 1 aromatic carbocycles. The third kappa shape index (κ3) is 4.81. The molecule has 1 unspecified atom stereocenters. The average Bonchev–Trinajstić information content (AvgIpc) is 3.10. The summed E-state index contributed by atoms with van der Waals surface area (Å²) < 4.78 is 0. The molecular weight excluding hydrogens is 298 g/mol. The normalized spacial score (nSPS) is 20.9. The number of para-hydroxylation sites is 1. The molecule has 1 aromatic rings. The Morgan fingerprint density at radius 3 is 2.38 bits per heavy atom. The van der Waals surface area contributed by atoms with Crippen molar-refractivity contribution in [1.82, 2.24) is 9.80 Å². The molecule has 2 saturated heterocycles. The van der Waals surface area contributed by atoms with E-state index in [1.54, 1.807) is 0 Å². The van der Waals surface area contributed by atoms with Gasteiger partial charge in [-0.2, -0.15) is 0 Å². The van der Waals surface area contributed by atoms with Crippen LogP contribution < -0.4 is 5.32 Å². The smallest absolute Gasteiger partial charge is 0.228 e. The predicted octanol–water partition coefficient (Wildman–Crippen LogP) is 3.34. The van der Waals surface area contributed by atoms with Gasteiger partial charge in [-0.25, -0.2) is 0 Å². The van der Waals surface area contributed by atoms with Crippen LogP contribution in [0.4, 0.5) is 5.69 Å². The van der Waals surface area contributed by atoms with Crippen molar-refractivity contribution in [2.75, 3.05) is 38.0 Å². The predicted molar refractivity (Wildman–Crippen MR) is 99.0 cm³/mol. The van der Waals surface area contributed by atoms with Gasteiger partial charge < -0.3 is 10.2 Å². The van der Waals surface area contributed by atoms with Crippen molar-refractivity contribution in [3.8, 4) is 0 Å². The van der Waals surface area contributed by atoms with Crippen molar-refractivity contribution >= 4 is 11.6 Å². The lowest BCUT2D eigenvalue weighted by Gasteiger charge is -2.28. The molecule has 0 bridgehead atoms. The van der Waals surface area contributed by atoms with Crippen LogP contribution in [0.15, 0.2) is 24.3 Å². The molecule has 24 heavy (non-hydrogen) atoms. The summed E-state index contributed by atoms with van der Waals surface area (Å²) in [5.74, 6) is 0.178. The third-order valence-corrected chi connectivity index (χ3v) is 5.30. The maximum atomic E-state index is 12.6. The van der Waals surface area contributed by atoms with E-state index in [-0.39, 0.29) is 11.8 Å². The lowest BCUT2D eigenvalue weighted by atomic mass is 10.1. The van der Waals surface area contributed by atoms with Crippen LogP contribution in [-0.2, 0) is 11.3 Å². The van der Waals surface area contributed by atoms with E-state index in [4.69, 9.17) is 0 Å². The Hall–Kier alpha value is -1.39. The number of nitrogens with zero attached hydrogens (tertiary/aromatic N) is 2. The fourth-order valence-corrected chi connectivity index (χ4v) is 3.83. The minimum absolute atomic E-state index is 0.0305. The van der Waals surface area contributed by atoms with Gasteiger partial charge >= 0.3 is 0 Å². The van der Waals surface area contributed by atoms with Gasteiger partial charge in [0, 0.05) is 24.7 Å². The van der Waals surface area contributed by atoms with Gasteiger partial charge in [0.15, 0.2) is 0 Å². The maximum absolute atomic E-state index is 12.6. The Morgan fingerprint density at radius 1 is 1.00 bits per heavy atom. The molecule has 1 N–H and O–H groups in total. The summed E-state index contributed by atoms with van der Waals surface area (Å²) in [4.78, 5) is 17.5. The zero-order valence-corrected chi connectivity index (χ0v) is 15.0. The number of amides is 1. The number of hydrogen-bond donors (Lipinski definition) is 1. The van der Waals surface area contributed by atoms with Crippen LogP contribution in [0.2, 0.25) is 0 Å². The lowest BCUT2D eigenvalue weighted by molar-refractivity contribution is -0.120. The van der Waals surface area contributed by atoms with Crippen LogP contribution in [0, 0.1) is 5.92 Å². The molecule has 0 saturated carbocycles. The number of anilines is 1. The minimum atomic E-state index is 0.0305. The summed E-state index contributed by atoms with van der Waals surface area (Å²) in [6.45, 7) is 8.50. The highest BCUT2D eigenvalue weighted by molar-refractivity contribution is 5.93. The highest BCUT2D eigenvalue weighted by Crippen LogP contribution is 2.21. The molecule has 2 aliphatic rings. The summed E-state index contributed by atoms with van der Waals surface area (Å²) in [7, 11) is 0. The van der Waals surface area contributed by atoms with E-state index in [0.29, 0.717) is 0 Å². The summed E-state index contributed by atoms with van der Waals surface area (Å²) >= 11 is 0. The third-order valence-electron chi connectivity index (χ3n) is 5.30. The van der Waals surface area contributed by atoms with Crippen molar-refractivity contribution in [1.29, 1.82) is 0 Å². The second-order valence-electron chi connectivity index (χ2n) is 7.39. The quantitative estimate of drug-likeness (QED) is 0.869. The van der Waals surface area contributed by atoms with Crippen LogP contribution in [0.3, 0.4) is 0 Å². The van der Waals surface area contributed by atoms with Crippen molar-refractivity contribution in [2.45, 2.75) is 45.6 Å². The van der Waals surface area contributed by atoms with Crippen LogP contribution in [0.5, 0.6) is 0 Å². The SMILES string of the molecule is CC(CN1CCCCC1)C(=O)Nc1ccccc1CN1CCCC1. The zero-order chi connectivity index (χ0) is 16.8. The van der Waals surface area contributed by atoms with Crippen molar-refractivity contribution in [3.05, 3.63) is 29.8 Å². The van der Waals surface area contributed by atoms with Crippen molar-refractivity contribution in [3.63, 3.8) is 0 Å². The average molecular weight is 329 g/mol. The van der Waals surface area contributed by atoms with E-state index in [1.807, 2.05) is 19.1 Å². The second kappa shape index (κ2) is 8.63. The fourth-order valence-electron chi connectivity index (χ4n) is 3.83. The Labute approximate surface area is 146 Å². The van der Waals surface area contributed by atoms with Crippen LogP contribution in [0.1, 0.15) is 44.6 Å². The number of nitrogens with one attached hydrogen (secondary N) is 1. The Morgan fingerprint density at radius 2 is 1.62 bits per heavy atom. The van der Waals surface area contributed by atoms with Gasteiger partial charge in [0.1, 0.15) is 0 Å². The maximum Gasteiger partial charge on any atom is 0.228 e. The summed E-state index contributed by atoms with van der Waals surface area (Å²) in [5, 5.41) is 3.18. The fraction of sp³-hybridized carbons (Fsp3) is 0.650. The van der Waals surface area contributed by atoms with Gasteiger partial charge in [-0.05, 0) is 63.5 Å². The number of hydrogen-bond acceptors (Lipinski definition) is 3. The molecule has 0 radical (unpaired) electrons. The first-order valence-corrected chi connectivity index (χ1v) is 9.56. The van der Waals surface area contributed by atoms with Gasteiger partial charge in [-0.1, -0.05) is 31.5 Å². The van der Waals surface area contributed by atoms with Crippen molar-refractivity contribution in [2.24, 2.45) is 5.92 Å². The molecule has 0 spiro atoms. The number of carbonyl (C=O) groups excluding carboxylic acids is 1.